The zero-order valence-electron chi connectivity index (χ0n) is 9.61. The number of rotatable bonds is 3. The van der Waals surface area contributed by atoms with Gasteiger partial charge in [-0.05, 0) is 46.3 Å². The maximum atomic E-state index is 5.33. The van der Waals surface area contributed by atoms with Gasteiger partial charge in [0.25, 0.3) is 0 Å². The van der Waals surface area contributed by atoms with Gasteiger partial charge in [-0.2, -0.15) is 0 Å². The van der Waals surface area contributed by atoms with Crippen LogP contribution in [0, 0.1) is 0 Å². The van der Waals surface area contributed by atoms with Gasteiger partial charge in [-0.25, -0.2) is 4.98 Å². The lowest BCUT2D eigenvalue weighted by molar-refractivity contribution is 0.404. The van der Waals surface area contributed by atoms with Crippen LogP contribution in [0.25, 0.3) is 11.3 Å². The lowest BCUT2D eigenvalue weighted by Gasteiger charge is -2.10. The summed E-state index contributed by atoms with van der Waals surface area (Å²) in [6.07, 6.45) is 0. The smallest absolute Gasteiger partial charge is 0.128 e. The highest BCUT2D eigenvalue weighted by atomic mass is 79.9. The van der Waals surface area contributed by atoms with Gasteiger partial charge in [-0.3, -0.25) is 0 Å². The van der Waals surface area contributed by atoms with Crippen molar-refractivity contribution in [3.05, 3.63) is 41.0 Å². The summed E-state index contributed by atoms with van der Waals surface area (Å²) in [5.41, 5.74) is 1.75. The fraction of sp³-hybridized carbons (Fsp3) is 0.154. The van der Waals surface area contributed by atoms with E-state index in [0.717, 1.165) is 27.4 Å². The maximum Gasteiger partial charge on any atom is 0.128 e. The van der Waals surface area contributed by atoms with E-state index in [4.69, 9.17) is 9.47 Å². The highest BCUT2D eigenvalue weighted by molar-refractivity contribution is 9.10. The Hall–Kier alpha value is -1.55. The number of ether oxygens (including phenoxy) is 2. The highest BCUT2D eigenvalue weighted by Crippen LogP contribution is 2.32. The summed E-state index contributed by atoms with van der Waals surface area (Å²) < 4.78 is 11.3. The number of nitrogens with zero attached hydrogens (tertiary/aromatic N) is 1. The number of aromatic nitrogens is 1. The third-order valence-electron chi connectivity index (χ3n) is 2.40. The van der Waals surface area contributed by atoms with E-state index in [1.54, 1.807) is 14.2 Å². The van der Waals surface area contributed by atoms with Crippen LogP contribution < -0.4 is 9.47 Å². The average molecular weight is 294 g/mol. The number of hydrogen-bond acceptors (Lipinski definition) is 3. The van der Waals surface area contributed by atoms with E-state index in [0.29, 0.717) is 0 Å². The summed E-state index contributed by atoms with van der Waals surface area (Å²) >= 11 is 3.36. The Morgan fingerprint density at radius 2 is 1.88 bits per heavy atom. The molecule has 0 bridgehead atoms. The van der Waals surface area contributed by atoms with Gasteiger partial charge in [-0.15, -0.1) is 0 Å². The van der Waals surface area contributed by atoms with Crippen molar-refractivity contribution >= 4 is 15.9 Å². The van der Waals surface area contributed by atoms with Crippen molar-refractivity contribution in [1.29, 1.82) is 0 Å². The minimum Gasteiger partial charge on any atom is -0.497 e. The zero-order chi connectivity index (χ0) is 12.3. The Kier molecular flexibility index (Phi) is 3.64. The molecule has 0 amide bonds. The van der Waals surface area contributed by atoms with Crippen LogP contribution in [0.5, 0.6) is 11.5 Å². The largest absolute Gasteiger partial charge is 0.497 e. The Morgan fingerprint density at radius 3 is 2.53 bits per heavy atom. The molecule has 0 unspecified atom stereocenters. The molecule has 0 saturated heterocycles. The fourth-order valence-corrected chi connectivity index (χ4v) is 1.92. The van der Waals surface area contributed by atoms with Crippen LogP contribution in [0.4, 0.5) is 0 Å². The van der Waals surface area contributed by atoms with Crippen molar-refractivity contribution < 1.29 is 9.47 Å². The first-order chi connectivity index (χ1) is 8.24. The van der Waals surface area contributed by atoms with Crippen molar-refractivity contribution in [2.75, 3.05) is 14.2 Å². The molecule has 2 aromatic rings. The molecule has 0 N–H and O–H groups in total. The maximum absolute atomic E-state index is 5.33. The fourth-order valence-electron chi connectivity index (χ4n) is 1.57. The molecule has 0 radical (unpaired) electrons. The van der Waals surface area contributed by atoms with Crippen LogP contribution in [0.1, 0.15) is 0 Å². The van der Waals surface area contributed by atoms with Crippen LogP contribution >= 0.6 is 15.9 Å². The molecule has 1 aromatic carbocycles. The summed E-state index contributed by atoms with van der Waals surface area (Å²) in [6.45, 7) is 0. The van der Waals surface area contributed by atoms with E-state index in [1.807, 2.05) is 36.4 Å². The predicted molar refractivity (Wildman–Crippen MR) is 70.5 cm³/mol. The van der Waals surface area contributed by atoms with Gasteiger partial charge in [0.2, 0.25) is 0 Å². The second kappa shape index (κ2) is 5.19. The van der Waals surface area contributed by atoms with Gasteiger partial charge in [0.05, 0.1) is 19.9 Å². The summed E-state index contributed by atoms with van der Waals surface area (Å²) in [5.74, 6) is 1.55. The van der Waals surface area contributed by atoms with E-state index >= 15 is 0 Å². The van der Waals surface area contributed by atoms with Gasteiger partial charge in [-0.1, -0.05) is 6.07 Å². The number of hydrogen-bond donors (Lipinski definition) is 0. The molecular formula is C13H12BrNO2. The molecule has 88 valence electrons. The predicted octanol–water partition coefficient (Wildman–Crippen LogP) is 3.53. The zero-order valence-corrected chi connectivity index (χ0v) is 11.2. The van der Waals surface area contributed by atoms with Crippen molar-refractivity contribution in [2.45, 2.75) is 0 Å². The van der Waals surface area contributed by atoms with Crippen LogP contribution in [-0.2, 0) is 0 Å². The standard InChI is InChI=1S/C13H12BrNO2/c1-16-9-6-7-12(17-2)10(8-9)11-4-3-5-13(14)15-11/h3-8H,1-2H3. The normalized spacial score (nSPS) is 10.1. The third-order valence-corrected chi connectivity index (χ3v) is 2.84. The summed E-state index contributed by atoms with van der Waals surface area (Å²) in [4.78, 5) is 4.41. The van der Waals surface area contributed by atoms with Crippen molar-refractivity contribution in [1.82, 2.24) is 4.98 Å². The van der Waals surface area contributed by atoms with E-state index in [-0.39, 0.29) is 0 Å². The quantitative estimate of drug-likeness (QED) is 0.812. The highest BCUT2D eigenvalue weighted by Gasteiger charge is 2.08. The summed E-state index contributed by atoms with van der Waals surface area (Å²) in [5, 5.41) is 0. The molecule has 0 fully saturated rings. The molecule has 0 atom stereocenters. The van der Waals surface area contributed by atoms with Crippen LogP contribution in [0.15, 0.2) is 41.0 Å². The molecule has 1 heterocycles. The van der Waals surface area contributed by atoms with E-state index in [9.17, 15) is 0 Å². The van der Waals surface area contributed by atoms with Crippen LogP contribution in [-0.4, -0.2) is 19.2 Å². The third kappa shape index (κ3) is 2.58. The first-order valence-electron chi connectivity index (χ1n) is 5.09. The molecule has 0 aliphatic carbocycles. The summed E-state index contributed by atoms with van der Waals surface area (Å²) in [7, 11) is 3.28. The molecule has 0 spiro atoms. The molecule has 4 heteroatoms. The average Bonchev–Trinajstić information content (AvgIpc) is 2.38. The minimum atomic E-state index is 0.774. The Bertz CT molecular complexity index is 529. The van der Waals surface area contributed by atoms with Crippen molar-refractivity contribution in [3.63, 3.8) is 0 Å². The van der Waals surface area contributed by atoms with Gasteiger partial charge >= 0.3 is 0 Å². The molecule has 0 aliphatic heterocycles. The molecular weight excluding hydrogens is 282 g/mol. The molecule has 3 nitrogen and oxygen atoms in total. The van der Waals surface area contributed by atoms with Gasteiger partial charge in [0.1, 0.15) is 16.1 Å². The molecule has 17 heavy (non-hydrogen) atoms. The monoisotopic (exact) mass is 293 g/mol. The van der Waals surface area contributed by atoms with E-state index in [2.05, 4.69) is 20.9 Å². The molecule has 0 aliphatic rings. The second-order valence-corrected chi connectivity index (χ2v) is 4.22. The number of halogens is 1. The SMILES string of the molecule is COc1ccc(OC)c(-c2cccc(Br)n2)c1. The first kappa shape index (κ1) is 11.9. The Labute approximate surface area is 109 Å². The lowest BCUT2D eigenvalue weighted by Crippen LogP contribution is -1.92. The van der Waals surface area contributed by atoms with Gasteiger partial charge in [0.15, 0.2) is 0 Å². The molecule has 0 saturated carbocycles. The second-order valence-electron chi connectivity index (χ2n) is 3.41. The van der Waals surface area contributed by atoms with Crippen molar-refractivity contribution in [3.8, 4) is 22.8 Å². The number of benzene rings is 1. The van der Waals surface area contributed by atoms with Gasteiger partial charge in [0, 0.05) is 5.56 Å². The summed E-state index contributed by atoms with van der Waals surface area (Å²) in [6, 6.07) is 11.4. The number of methoxy groups -OCH3 is 2. The topological polar surface area (TPSA) is 31.4 Å². The molecule has 2 rings (SSSR count). The van der Waals surface area contributed by atoms with Crippen molar-refractivity contribution in [2.24, 2.45) is 0 Å². The van der Waals surface area contributed by atoms with Crippen LogP contribution in [0.3, 0.4) is 0 Å². The minimum absolute atomic E-state index is 0.774. The Morgan fingerprint density at radius 1 is 1.06 bits per heavy atom. The van der Waals surface area contributed by atoms with E-state index < -0.39 is 0 Å². The van der Waals surface area contributed by atoms with Gasteiger partial charge < -0.3 is 9.47 Å². The van der Waals surface area contributed by atoms with Crippen LogP contribution in [0.2, 0.25) is 0 Å². The van der Waals surface area contributed by atoms with E-state index in [1.165, 1.54) is 0 Å². The Balaban J connectivity index is 2.56. The number of pyridine rings is 1. The first-order valence-corrected chi connectivity index (χ1v) is 5.89. The molecule has 1 aromatic heterocycles. The lowest BCUT2D eigenvalue weighted by atomic mass is 10.1.